The Morgan fingerprint density at radius 2 is 1.83 bits per heavy atom. The number of imide groups is 1. The van der Waals surface area contributed by atoms with E-state index in [2.05, 4.69) is 5.32 Å². The number of benzene rings is 2. The minimum Gasteiger partial charge on any atom is -0.452 e. The van der Waals surface area contributed by atoms with E-state index < -0.39 is 30.3 Å². The van der Waals surface area contributed by atoms with Crippen molar-refractivity contribution in [2.24, 2.45) is 0 Å². The zero-order valence-electron chi connectivity index (χ0n) is 16.1. The van der Waals surface area contributed by atoms with E-state index in [-0.39, 0.29) is 29.3 Å². The number of hydrogen-bond donors (Lipinski definition) is 1. The van der Waals surface area contributed by atoms with Crippen LogP contribution in [0, 0.1) is 0 Å². The number of anilines is 1. The van der Waals surface area contributed by atoms with Crippen LogP contribution in [0.25, 0.3) is 0 Å². The summed E-state index contributed by atoms with van der Waals surface area (Å²) in [4.78, 5) is 50.6. The van der Waals surface area contributed by atoms with Crippen LogP contribution in [0.1, 0.15) is 43.9 Å². The summed E-state index contributed by atoms with van der Waals surface area (Å²) in [5.74, 6) is -2.09. The number of ether oxygens (including phenoxy) is 2. The number of nitrogens with zero attached hydrogens (tertiary/aromatic N) is 1. The largest absolute Gasteiger partial charge is 0.452 e. The maximum atomic E-state index is 12.7. The summed E-state index contributed by atoms with van der Waals surface area (Å²) in [6.45, 7) is 0.357. The molecule has 1 fully saturated rings. The fraction of sp³-hybridized carbons (Fsp3) is 0.273. The molecule has 0 saturated carbocycles. The summed E-state index contributed by atoms with van der Waals surface area (Å²) < 4.78 is 10.5. The molecule has 1 unspecified atom stereocenters. The van der Waals surface area contributed by atoms with E-state index >= 15 is 0 Å². The molecule has 0 aromatic heterocycles. The zero-order valence-corrected chi connectivity index (χ0v) is 16.1. The molecule has 154 valence electrons. The van der Waals surface area contributed by atoms with Crippen molar-refractivity contribution in [2.75, 3.05) is 25.1 Å². The maximum Gasteiger partial charge on any atom is 0.338 e. The SMILES string of the molecule is O=C(COC(=O)c1ccc2c(c1)C(=O)N(CC1CCCO1)C2=O)Nc1ccccc1. The highest BCUT2D eigenvalue weighted by Crippen LogP contribution is 2.26. The molecular formula is C22H20N2O6. The molecule has 3 amide bonds. The van der Waals surface area contributed by atoms with Gasteiger partial charge in [-0.15, -0.1) is 0 Å². The predicted octanol–water partition coefficient (Wildman–Crippen LogP) is 2.26. The van der Waals surface area contributed by atoms with Crippen molar-refractivity contribution < 1.29 is 28.7 Å². The van der Waals surface area contributed by atoms with Crippen LogP contribution in [0.4, 0.5) is 5.69 Å². The predicted molar refractivity (Wildman–Crippen MR) is 106 cm³/mol. The molecule has 2 heterocycles. The summed E-state index contributed by atoms with van der Waals surface area (Å²) >= 11 is 0. The van der Waals surface area contributed by atoms with Gasteiger partial charge in [0.05, 0.1) is 29.3 Å². The van der Waals surface area contributed by atoms with Crippen molar-refractivity contribution in [2.45, 2.75) is 18.9 Å². The van der Waals surface area contributed by atoms with Gasteiger partial charge in [-0.05, 0) is 43.2 Å². The molecule has 2 aromatic carbocycles. The van der Waals surface area contributed by atoms with Crippen molar-refractivity contribution >= 4 is 29.4 Å². The van der Waals surface area contributed by atoms with Gasteiger partial charge in [0.25, 0.3) is 17.7 Å². The van der Waals surface area contributed by atoms with Crippen molar-refractivity contribution in [3.63, 3.8) is 0 Å². The lowest BCUT2D eigenvalue weighted by Crippen LogP contribution is -2.36. The second-order valence-electron chi connectivity index (χ2n) is 7.11. The Hall–Kier alpha value is -3.52. The summed E-state index contributed by atoms with van der Waals surface area (Å²) in [5.41, 5.74) is 1.09. The molecule has 0 bridgehead atoms. The van der Waals surface area contributed by atoms with Gasteiger partial charge >= 0.3 is 5.97 Å². The molecule has 30 heavy (non-hydrogen) atoms. The summed E-state index contributed by atoms with van der Waals surface area (Å²) in [6, 6.07) is 13.0. The number of hydrogen-bond acceptors (Lipinski definition) is 6. The summed E-state index contributed by atoms with van der Waals surface area (Å²) in [6.07, 6.45) is 1.55. The number of fused-ring (bicyclic) bond motifs is 1. The van der Waals surface area contributed by atoms with Crippen LogP contribution in [0.15, 0.2) is 48.5 Å². The number of para-hydroxylation sites is 1. The van der Waals surface area contributed by atoms with Gasteiger partial charge in [-0.3, -0.25) is 19.3 Å². The van der Waals surface area contributed by atoms with Crippen molar-refractivity contribution in [1.82, 2.24) is 4.90 Å². The topological polar surface area (TPSA) is 102 Å². The first-order valence-corrected chi connectivity index (χ1v) is 9.67. The first-order chi connectivity index (χ1) is 14.5. The third-order valence-electron chi connectivity index (χ3n) is 5.01. The van der Waals surface area contributed by atoms with Gasteiger partial charge in [-0.1, -0.05) is 18.2 Å². The van der Waals surface area contributed by atoms with E-state index in [4.69, 9.17) is 9.47 Å². The molecule has 0 aliphatic carbocycles. The fourth-order valence-corrected chi connectivity index (χ4v) is 3.51. The summed E-state index contributed by atoms with van der Waals surface area (Å²) in [7, 11) is 0. The molecule has 4 rings (SSSR count). The van der Waals surface area contributed by atoms with Gasteiger partial charge in [0, 0.05) is 12.3 Å². The van der Waals surface area contributed by atoms with Gasteiger partial charge in [0.15, 0.2) is 6.61 Å². The normalized spacial score (nSPS) is 17.7. The summed E-state index contributed by atoms with van der Waals surface area (Å²) in [5, 5.41) is 2.61. The van der Waals surface area contributed by atoms with Crippen LogP contribution in [0.3, 0.4) is 0 Å². The first kappa shape index (κ1) is 19.8. The van der Waals surface area contributed by atoms with Gasteiger partial charge in [0.2, 0.25) is 0 Å². The van der Waals surface area contributed by atoms with Crippen LogP contribution in [0.5, 0.6) is 0 Å². The Labute approximate surface area is 172 Å². The van der Waals surface area contributed by atoms with Crippen molar-refractivity contribution in [3.05, 3.63) is 65.2 Å². The van der Waals surface area contributed by atoms with Crippen LogP contribution < -0.4 is 5.32 Å². The Balaban J connectivity index is 1.39. The molecule has 0 spiro atoms. The Kier molecular flexibility index (Phi) is 5.58. The highest BCUT2D eigenvalue weighted by atomic mass is 16.5. The minimum atomic E-state index is -0.751. The standard InChI is InChI=1S/C22H20N2O6/c25-19(23-15-5-2-1-3-6-15)13-30-22(28)14-8-9-17-18(11-14)21(27)24(20(17)26)12-16-7-4-10-29-16/h1-3,5-6,8-9,11,16H,4,7,10,12-13H2,(H,23,25). The number of rotatable bonds is 6. The number of carbonyl (C=O) groups is 4. The molecule has 1 N–H and O–H groups in total. The number of esters is 1. The lowest BCUT2D eigenvalue weighted by Gasteiger charge is -2.17. The van der Waals surface area contributed by atoms with E-state index in [9.17, 15) is 19.2 Å². The number of nitrogens with one attached hydrogen (secondary N) is 1. The molecule has 2 aliphatic rings. The molecule has 2 aromatic rings. The third kappa shape index (κ3) is 4.08. The van der Waals surface area contributed by atoms with Crippen LogP contribution in [-0.4, -0.2) is 54.5 Å². The lowest BCUT2D eigenvalue weighted by atomic mass is 10.1. The molecule has 0 radical (unpaired) electrons. The monoisotopic (exact) mass is 408 g/mol. The van der Waals surface area contributed by atoms with Crippen LogP contribution in [-0.2, 0) is 14.3 Å². The molecule has 1 atom stereocenters. The van der Waals surface area contributed by atoms with Gasteiger partial charge < -0.3 is 14.8 Å². The fourth-order valence-electron chi connectivity index (χ4n) is 3.51. The Morgan fingerprint density at radius 1 is 1.07 bits per heavy atom. The maximum absolute atomic E-state index is 12.7. The third-order valence-corrected chi connectivity index (χ3v) is 5.01. The Morgan fingerprint density at radius 3 is 2.57 bits per heavy atom. The van der Waals surface area contributed by atoms with Crippen molar-refractivity contribution in [3.8, 4) is 0 Å². The van der Waals surface area contributed by atoms with E-state index in [0.29, 0.717) is 12.3 Å². The number of amides is 3. The van der Waals surface area contributed by atoms with Crippen LogP contribution >= 0.6 is 0 Å². The second-order valence-corrected chi connectivity index (χ2v) is 7.11. The smallest absolute Gasteiger partial charge is 0.338 e. The van der Waals surface area contributed by atoms with Gasteiger partial charge in [0.1, 0.15) is 0 Å². The first-order valence-electron chi connectivity index (χ1n) is 9.67. The highest BCUT2D eigenvalue weighted by molar-refractivity contribution is 6.22. The molecule has 1 saturated heterocycles. The lowest BCUT2D eigenvalue weighted by molar-refractivity contribution is -0.119. The van der Waals surface area contributed by atoms with E-state index in [0.717, 1.165) is 17.7 Å². The molecule has 2 aliphatic heterocycles. The quantitative estimate of drug-likeness (QED) is 0.581. The van der Waals surface area contributed by atoms with E-state index in [1.54, 1.807) is 24.3 Å². The zero-order chi connectivity index (χ0) is 21.1. The Bertz CT molecular complexity index is 998. The van der Waals surface area contributed by atoms with Crippen LogP contribution in [0.2, 0.25) is 0 Å². The number of carbonyl (C=O) groups excluding carboxylic acids is 4. The molecular weight excluding hydrogens is 388 g/mol. The molecule has 8 nitrogen and oxygen atoms in total. The highest BCUT2D eigenvalue weighted by Gasteiger charge is 2.38. The van der Waals surface area contributed by atoms with Gasteiger partial charge in [-0.2, -0.15) is 0 Å². The van der Waals surface area contributed by atoms with Gasteiger partial charge in [-0.25, -0.2) is 4.79 Å². The van der Waals surface area contributed by atoms with E-state index in [1.165, 1.54) is 18.2 Å². The van der Waals surface area contributed by atoms with Crippen molar-refractivity contribution in [1.29, 1.82) is 0 Å². The second kappa shape index (κ2) is 8.46. The average Bonchev–Trinajstić information content (AvgIpc) is 3.35. The average molecular weight is 408 g/mol. The van der Waals surface area contributed by atoms with E-state index in [1.807, 2.05) is 6.07 Å². The minimum absolute atomic E-state index is 0.0985. The molecule has 8 heteroatoms.